The lowest BCUT2D eigenvalue weighted by molar-refractivity contribution is -0.121. The number of carbonyl (C=O) groups excluding carboxylic acids is 2. The van der Waals surface area contributed by atoms with Crippen LogP contribution in [0.2, 0.25) is 0 Å². The Morgan fingerprint density at radius 2 is 1.68 bits per heavy atom. The maximum absolute atomic E-state index is 13.6. The van der Waals surface area contributed by atoms with E-state index in [4.69, 9.17) is 0 Å². The highest BCUT2D eigenvalue weighted by Gasteiger charge is 2.38. The van der Waals surface area contributed by atoms with Crippen LogP contribution in [-0.4, -0.2) is 47.8 Å². The summed E-state index contributed by atoms with van der Waals surface area (Å²) in [5, 5.41) is 3.27. The number of nitrogens with one attached hydrogen (secondary N) is 1. The van der Waals surface area contributed by atoms with E-state index in [0.29, 0.717) is 0 Å². The van der Waals surface area contributed by atoms with Gasteiger partial charge in [0, 0.05) is 43.1 Å². The van der Waals surface area contributed by atoms with Gasteiger partial charge in [-0.3, -0.25) is 9.59 Å². The van der Waals surface area contributed by atoms with E-state index < -0.39 is 0 Å². The number of nitrogens with zero attached hydrogens (tertiary/aromatic N) is 2. The molecule has 1 N–H and O–H groups in total. The fourth-order valence-corrected chi connectivity index (χ4v) is 6.44. The fourth-order valence-electron chi connectivity index (χ4n) is 6.04. The lowest BCUT2D eigenvalue weighted by atomic mass is 9.80. The molecule has 0 spiro atoms. The average molecular weight is 561 g/mol. The smallest absolute Gasteiger partial charge is 0.254 e. The minimum absolute atomic E-state index is 0.0119. The topological polar surface area (TPSA) is 52.7 Å². The summed E-state index contributed by atoms with van der Waals surface area (Å²) in [6.07, 6.45) is 3.51. The number of hydrogen-bond donors (Lipinski definition) is 1. The molecule has 2 amide bonds. The van der Waals surface area contributed by atoms with Crippen LogP contribution in [-0.2, 0) is 16.8 Å². The molecule has 2 heterocycles. The SMILES string of the molecule is CC(=O)NC1(c2ccccc2)CCN(CCC2c3ccccc3CCN2C(=O)c2cccc(Br)c2)CC1. The Hall–Kier alpha value is -2.96. The van der Waals surface area contributed by atoms with Gasteiger partial charge < -0.3 is 15.1 Å². The van der Waals surface area contributed by atoms with Gasteiger partial charge in [0.2, 0.25) is 5.91 Å². The summed E-state index contributed by atoms with van der Waals surface area (Å²) < 4.78 is 0.918. The molecule has 1 fully saturated rings. The number of rotatable bonds is 6. The van der Waals surface area contributed by atoms with Crippen molar-refractivity contribution in [3.8, 4) is 0 Å². The molecule has 0 saturated carbocycles. The monoisotopic (exact) mass is 559 g/mol. The molecule has 0 bridgehead atoms. The zero-order valence-corrected chi connectivity index (χ0v) is 22.9. The molecule has 1 atom stereocenters. The second-order valence-electron chi connectivity index (χ2n) is 10.2. The largest absolute Gasteiger partial charge is 0.347 e. The Kier molecular flexibility index (Phi) is 7.77. The molecule has 1 unspecified atom stereocenters. The first-order chi connectivity index (χ1) is 17.9. The predicted molar refractivity (Wildman–Crippen MR) is 150 cm³/mol. The Morgan fingerprint density at radius 3 is 2.41 bits per heavy atom. The van der Waals surface area contributed by atoms with Crippen molar-refractivity contribution in [1.82, 2.24) is 15.1 Å². The molecule has 2 aliphatic rings. The number of amides is 2. The van der Waals surface area contributed by atoms with Crippen molar-refractivity contribution < 1.29 is 9.59 Å². The van der Waals surface area contributed by atoms with Gasteiger partial charge in [-0.15, -0.1) is 0 Å². The molecule has 1 saturated heterocycles. The van der Waals surface area contributed by atoms with Gasteiger partial charge in [-0.2, -0.15) is 0 Å². The van der Waals surface area contributed by atoms with E-state index in [9.17, 15) is 9.59 Å². The first-order valence-corrected chi connectivity index (χ1v) is 14.0. The molecule has 2 aliphatic heterocycles. The van der Waals surface area contributed by atoms with E-state index in [2.05, 4.69) is 67.4 Å². The molecular weight excluding hydrogens is 526 g/mol. The van der Waals surface area contributed by atoms with Gasteiger partial charge in [0.05, 0.1) is 11.6 Å². The average Bonchev–Trinajstić information content (AvgIpc) is 2.92. The van der Waals surface area contributed by atoms with Crippen molar-refractivity contribution in [3.05, 3.63) is 106 Å². The summed E-state index contributed by atoms with van der Waals surface area (Å²) >= 11 is 3.52. The van der Waals surface area contributed by atoms with Crippen molar-refractivity contribution in [3.63, 3.8) is 0 Å². The normalized spacial score (nSPS) is 19.2. The highest BCUT2D eigenvalue weighted by atomic mass is 79.9. The summed E-state index contributed by atoms with van der Waals surface area (Å²) in [4.78, 5) is 30.3. The summed E-state index contributed by atoms with van der Waals surface area (Å²) in [5.41, 5.74) is 4.20. The molecule has 0 aliphatic carbocycles. The maximum atomic E-state index is 13.6. The zero-order chi connectivity index (χ0) is 25.8. The minimum Gasteiger partial charge on any atom is -0.347 e. The van der Waals surface area contributed by atoms with Crippen LogP contribution in [0.15, 0.2) is 83.3 Å². The van der Waals surface area contributed by atoms with E-state index in [-0.39, 0.29) is 23.4 Å². The Bertz CT molecular complexity index is 1250. The van der Waals surface area contributed by atoms with Crippen LogP contribution in [0, 0.1) is 0 Å². The van der Waals surface area contributed by atoms with Gasteiger partial charge in [-0.1, -0.05) is 76.6 Å². The molecule has 3 aromatic carbocycles. The van der Waals surface area contributed by atoms with Crippen molar-refractivity contribution >= 4 is 27.7 Å². The van der Waals surface area contributed by atoms with Gasteiger partial charge in [0.1, 0.15) is 0 Å². The molecular formula is C31H34BrN3O2. The number of piperidine rings is 1. The third-order valence-corrected chi connectivity index (χ3v) is 8.41. The van der Waals surface area contributed by atoms with Crippen LogP contribution in [0.1, 0.15) is 59.3 Å². The molecule has 37 heavy (non-hydrogen) atoms. The summed E-state index contributed by atoms with van der Waals surface area (Å²) in [7, 11) is 0. The highest BCUT2D eigenvalue weighted by Crippen LogP contribution is 2.36. The summed E-state index contributed by atoms with van der Waals surface area (Å²) in [5.74, 6) is 0.103. The van der Waals surface area contributed by atoms with Crippen LogP contribution in [0.3, 0.4) is 0 Å². The zero-order valence-electron chi connectivity index (χ0n) is 21.3. The second kappa shape index (κ2) is 11.2. The number of fused-ring (bicyclic) bond motifs is 1. The third-order valence-electron chi connectivity index (χ3n) is 7.91. The van der Waals surface area contributed by atoms with E-state index in [0.717, 1.165) is 61.9 Å². The number of likely N-dealkylation sites (tertiary alicyclic amines) is 1. The van der Waals surface area contributed by atoms with Crippen LogP contribution < -0.4 is 5.32 Å². The maximum Gasteiger partial charge on any atom is 0.254 e. The molecule has 0 aromatic heterocycles. The van der Waals surface area contributed by atoms with E-state index in [1.54, 1.807) is 6.92 Å². The van der Waals surface area contributed by atoms with Gasteiger partial charge in [0.15, 0.2) is 0 Å². The number of hydrogen-bond acceptors (Lipinski definition) is 3. The lowest BCUT2D eigenvalue weighted by Crippen LogP contribution is -2.53. The van der Waals surface area contributed by atoms with Crippen molar-refractivity contribution in [1.29, 1.82) is 0 Å². The van der Waals surface area contributed by atoms with Crippen molar-refractivity contribution in [2.75, 3.05) is 26.2 Å². The van der Waals surface area contributed by atoms with Crippen LogP contribution in [0.4, 0.5) is 0 Å². The van der Waals surface area contributed by atoms with Gasteiger partial charge in [0.25, 0.3) is 5.91 Å². The summed E-state index contributed by atoms with van der Waals surface area (Å²) in [6, 6.07) is 26.7. The predicted octanol–water partition coefficient (Wildman–Crippen LogP) is 5.71. The Morgan fingerprint density at radius 1 is 0.946 bits per heavy atom. The minimum atomic E-state index is -0.316. The molecule has 5 rings (SSSR count). The lowest BCUT2D eigenvalue weighted by Gasteiger charge is -2.44. The number of benzene rings is 3. The quantitative estimate of drug-likeness (QED) is 0.421. The molecule has 6 heteroatoms. The van der Waals surface area contributed by atoms with Gasteiger partial charge in [-0.05, 0) is 60.6 Å². The van der Waals surface area contributed by atoms with E-state index in [1.807, 2.05) is 42.5 Å². The Balaban J connectivity index is 1.31. The number of carbonyl (C=O) groups is 2. The van der Waals surface area contributed by atoms with Crippen LogP contribution in [0.5, 0.6) is 0 Å². The first-order valence-electron chi connectivity index (χ1n) is 13.2. The van der Waals surface area contributed by atoms with Crippen LogP contribution in [0.25, 0.3) is 0 Å². The third kappa shape index (κ3) is 5.65. The van der Waals surface area contributed by atoms with Crippen molar-refractivity contribution in [2.45, 2.75) is 44.2 Å². The number of halogens is 1. The molecule has 3 aromatic rings. The van der Waals surface area contributed by atoms with E-state index >= 15 is 0 Å². The van der Waals surface area contributed by atoms with Gasteiger partial charge in [-0.25, -0.2) is 0 Å². The van der Waals surface area contributed by atoms with Gasteiger partial charge >= 0.3 is 0 Å². The highest BCUT2D eigenvalue weighted by molar-refractivity contribution is 9.10. The fraction of sp³-hybridized carbons (Fsp3) is 0.355. The second-order valence-corrected chi connectivity index (χ2v) is 11.1. The first kappa shape index (κ1) is 25.7. The van der Waals surface area contributed by atoms with E-state index in [1.165, 1.54) is 16.7 Å². The molecule has 0 radical (unpaired) electrons. The molecule has 5 nitrogen and oxygen atoms in total. The molecule has 192 valence electrons. The van der Waals surface area contributed by atoms with Crippen molar-refractivity contribution in [2.24, 2.45) is 0 Å². The van der Waals surface area contributed by atoms with Crippen LogP contribution >= 0.6 is 15.9 Å². The summed E-state index contributed by atoms with van der Waals surface area (Å²) in [6.45, 7) is 5.06. The Labute approximate surface area is 228 Å². The standard InChI is InChI=1S/C31H34BrN3O2/c1-23(36)33-31(26-10-3-2-4-11-26)16-20-34(21-17-31)18-15-29-28-13-6-5-8-24(28)14-19-35(29)30(37)25-9-7-12-27(32)22-25/h2-13,22,29H,14-21H2,1H3,(H,33,36).